The van der Waals surface area contributed by atoms with Crippen LogP contribution in [-0.4, -0.2) is 12.7 Å². The lowest BCUT2D eigenvalue weighted by atomic mass is 9.82. The number of benzene rings is 3. The van der Waals surface area contributed by atoms with Gasteiger partial charge in [0, 0.05) is 11.1 Å². The zero-order valence-corrected chi connectivity index (χ0v) is 20.5. The molecule has 0 aliphatic heterocycles. The highest BCUT2D eigenvalue weighted by molar-refractivity contribution is 5.66. The van der Waals surface area contributed by atoms with Gasteiger partial charge in [0.05, 0.1) is 19.3 Å². The van der Waals surface area contributed by atoms with Crippen molar-refractivity contribution in [2.45, 2.75) is 58.2 Å². The molecule has 4 rings (SSSR count). The first-order valence-electron chi connectivity index (χ1n) is 12.3. The molecule has 0 atom stereocenters. The van der Waals surface area contributed by atoms with E-state index in [1.807, 2.05) is 31.2 Å². The van der Waals surface area contributed by atoms with Gasteiger partial charge in [0.15, 0.2) is 23.2 Å². The average molecular weight is 499 g/mol. The van der Waals surface area contributed by atoms with Gasteiger partial charge in [-0.25, -0.2) is 13.2 Å². The first-order chi connectivity index (χ1) is 17.4. The molecule has 190 valence electrons. The van der Waals surface area contributed by atoms with Crippen molar-refractivity contribution < 1.29 is 27.0 Å². The Morgan fingerprint density at radius 3 is 2.19 bits per heavy atom. The molecule has 2 nitrogen and oxygen atoms in total. The highest BCUT2D eigenvalue weighted by Gasteiger charge is 2.27. The van der Waals surface area contributed by atoms with Crippen LogP contribution in [0.3, 0.4) is 0 Å². The van der Waals surface area contributed by atoms with Gasteiger partial charge in [0.25, 0.3) is 0 Å². The Morgan fingerprint density at radius 2 is 1.53 bits per heavy atom. The Morgan fingerprint density at radius 1 is 0.806 bits per heavy atom. The van der Waals surface area contributed by atoms with Gasteiger partial charge in [-0.3, -0.25) is 0 Å². The Hall–Kier alpha value is -3.12. The van der Waals surface area contributed by atoms with Crippen molar-refractivity contribution in [2.24, 2.45) is 0 Å². The number of rotatable bonds is 8. The van der Waals surface area contributed by atoms with Crippen molar-refractivity contribution in [1.82, 2.24) is 0 Å². The van der Waals surface area contributed by atoms with Gasteiger partial charge in [0.2, 0.25) is 5.82 Å². The van der Waals surface area contributed by atoms with E-state index in [9.17, 15) is 17.6 Å². The number of halogens is 4. The predicted octanol–water partition coefficient (Wildman–Crippen LogP) is 8.58. The summed E-state index contributed by atoms with van der Waals surface area (Å²) in [4.78, 5) is 0. The van der Waals surface area contributed by atoms with Crippen molar-refractivity contribution in [3.63, 3.8) is 0 Å². The fourth-order valence-corrected chi connectivity index (χ4v) is 4.77. The van der Waals surface area contributed by atoms with Crippen LogP contribution < -0.4 is 4.74 Å². The van der Waals surface area contributed by atoms with Gasteiger partial charge in [-0.05, 0) is 68.2 Å². The fourth-order valence-electron chi connectivity index (χ4n) is 4.77. The quantitative estimate of drug-likeness (QED) is 0.290. The van der Waals surface area contributed by atoms with Crippen molar-refractivity contribution >= 4 is 6.08 Å². The van der Waals surface area contributed by atoms with E-state index in [2.05, 4.69) is 0 Å². The number of hydrogen-bond acceptors (Lipinski definition) is 2. The Balaban J connectivity index is 1.36. The van der Waals surface area contributed by atoms with Crippen LogP contribution in [0.2, 0.25) is 0 Å². The van der Waals surface area contributed by atoms with E-state index >= 15 is 0 Å². The Kier molecular flexibility index (Phi) is 8.47. The van der Waals surface area contributed by atoms with E-state index in [1.165, 1.54) is 6.07 Å². The monoisotopic (exact) mass is 498 g/mol. The molecular weight excluding hydrogens is 468 g/mol. The van der Waals surface area contributed by atoms with Gasteiger partial charge >= 0.3 is 0 Å². The molecule has 36 heavy (non-hydrogen) atoms. The molecule has 3 aromatic carbocycles. The summed E-state index contributed by atoms with van der Waals surface area (Å²) in [6, 6.07) is 13.4. The van der Waals surface area contributed by atoms with Crippen LogP contribution >= 0.6 is 0 Å². The largest absolute Gasteiger partial charge is 0.491 e. The molecule has 3 aromatic rings. The molecule has 0 saturated heterocycles. The second-order valence-corrected chi connectivity index (χ2v) is 9.02. The van der Waals surface area contributed by atoms with Crippen molar-refractivity contribution in [2.75, 3.05) is 6.61 Å². The molecule has 6 heteroatoms. The molecule has 1 aliphatic carbocycles. The first kappa shape index (κ1) is 26.0. The van der Waals surface area contributed by atoms with Gasteiger partial charge in [-0.2, -0.15) is 4.39 Å². The molecule has 0 N–H and O–H groups in total. The number of allylic oxidation sites excluding steroid dienone is 1. The summed E-state index contributed by atoms with van der Waals surface area (Å²) in [5, 5.41) is 0. The van der Waals surface area contributed by atoms with E-state index in [0.717, 1.165) is 5.56 Å². The highest BCUT2D eigenvalue weighted by atomic mass is 19.2. The smallest absolute Gasteiger partial charge is 0.200 e. The zero-order valence-electron chi connectivity index (χ0n) is 20.5. The SMILES string of the molecule is C/C=C/c1ccc(-c2ccc(COC3CCC(c4ccc(OCC)c(F)c4F)CC3)c(F)c2F)cc1. The summed E-state index contributed by atoms with van der Waals surface area (Å²) in [6.07, 6.45) is 6.18. The lowest BCUT2D eigenvalue weighted by Crippen LogP contribution is -2.21. The predicted molar refractivity (Wildman–Crippen MR) is 134 cm³/mol. The van der Waals surface area contributed by atoms with E-state index in [1.54, 1.807) is 37.3 Å². The van der Waals surface area contributed by atoms with Crippen LogP contribution in [0, 0.1) is 23.3 Å². The molecule has 1 fully saturated rings. The molecule has 0 heterocycles. The van der Waals surface area contributed by atoms with E-state index < -0.39 is 23.3 Å². The maximum Gasteiger partial charge on any atom is 0.200 e. The minimum absolute atomic E-state index is 0.0510. The van der Waals surface area contributed by atoms with Gasteiger partial charge < -0.3 is 9.47 Å². The minimum Gasteiger partial charge on any atom is -0.491 e. The third kappa shape index (κ3) is 5.65. The second kappa shape index (κ2) is 11.7. The average Bonchev–Trinajstić information content (AvgIpc) is 2.89. The second-order valence-electron chi connectivity index (χ2n) is 9.02. The van der Waals surface area contributed by atoms with Gasteiger partial charge in [0.1, 0.15) is 0 Å². The first-order valence-corrected chi connectivity index (χ1v) is 12.3. The van der Waals surface area contributed by atoms with Crippen molar-refractivity contribution in [3.05, 3.63) is 94.6 Å². The molecule has 0 amide bonds. The van der Waals surface area contributed by atoms with Crippen LogP contribution in [0.15, 0.2) is 54.6 Å². The summed E-state index contributed by atoms with van der Waals surface area (Å²) in [5.41, 5.74) is 2.29. The normalized spacial score (nSPS) is 18.1. The molecule has 0 unspecified atom stereocenters. The Labute approximate surface area is 209 Å². The molecule has 0 radical (unpaired) electrons. The Bertz CT molecular complexity index is 1210. The molecule has 1 aliphatic rings. The van der Waals surface area contributed by atoms with E-state index in [-0.39, 0.29) is 42.1 Å². The third-order valence-corrected chi connectivity index (χ3v) is 6.71. The number of hydrogen-bond donors (Lipinski definition) is 0. The summed E-state index contributed by atoms with van der Waals surface area (Å²) in [5.74, 6) is -3.83. The molecular formula is C30H30F4O2. The van der Waals surface area contributed by atoms with E-state index in [4.69, 9.17) is 9.47 Å². The maximum atomic E-state index is 14.8. The molecule has 0 aromatic heterocycles. The molecule has 0 spiro atoms. The van der Waals surface area contributed by atoms with Crippen molar-refractivity contribution in [3.8, 4) is 16.9 Å². The standard InChI is InChI=1S/C30H30F4O2/c1-3-5-19-6-8-20(9-7-19)24-15-12-22(27(31)28(24)32)18-36-23-13-10-21(11-14-23)25-16-17-26(35-4-2)30(34)29(25)33/h3,5-9,12,15-17,21,23H,4,10-11,13-14,18H2,1-2H3/b5-3+. The van der Waals surface area contributed by atoms with Crippen molar-refractivity contribution in [1.29, 1.82) is 0 Å². The lowest BCUT2D eigenvalue weighted by molar-refractivity contribution is 0.0116. The van der Waals surface area contributed by atoms with E-state index in [0.29, 0.717) is 36.8 Å². The third-order valence-electron chi connectivity index (χ3n) is 6.71. The van der Waals surface area contributed by atoms with Crippen LogP contribution in [-0.2, 0) is 11.3 Å². The minimum atomic E-state index is -0.956. The van der Waals surface area contributed by atoms with Gasteiger partial charge in [-0.1, -0.05) is 54.6 Å². The topological polar surface area (TPSA) is 18.5 Å². The van der Waals surface area contributed by atoms with Crippen LogP contribution in [0.1, 0.15) is 62.1 Å². The summed E-state index contributed by atoms with van der Waals surface area (Å²) >= 11 is 0. The number of ether oxygens (including phenoxy) is 2. The highest BCUT2D eigenvalue weighted by Crippen LogP contribution is 2.38. The van der Waals surface area contributed by atoms with Crippen LogP contribution in [0.5, 0.6) is 5.75 Å². The zero-order chi connectivity index (χ0) is 25.7. The van der Waals surface area contributed by atoms with Gasteiger partial charge in [-0.15, -0.1) is 0 Å². The van der Waals surface area contributed by atoms with Crippen LogP contribution in [0.4, 0.5) is 17.6 Å². The molecule has 0 bridgehead atoms. The maximum absolute atomic E-state index is 14.8. The van der Waals surface area contributed by atoms with Crippen LogP contribution in [0.25, 0.3) is 17.2 Å². The summed E-state index contributed by atoms with van der Waals surface area (Å²) < 4.78 is 69.4. The lowest BCUT2D eigenvalue weighted by Gasteiger charge is -2.29. The molecule has 1 saturated carbocycles. The summed E-state index contributed by atoms with van der Waals surface area (Å²) in [7, 11) is 0. The fraction of sp³-hybridized carbons (Fsp3) is 0.333. The summed E-state index contributed by atoms with van der Waals surface area (Å²) in [6.45, 7) is 3.84.